The zero-order valence-corrected chi connectivity index (χ0v) is 13.5. The van der Waals surface area contributed by atoms with Crippen molar-refractivity contribution >= 4 is 0 Å². The summed E-state index contributed by atoms with van der Waals surface area (Å²) in [5.41, 5.74) is 4.89. The molecule has 1 aliphatic heterocycles. The Morgan fingerprint density at radius 1 is 1.50 bits per heavy atom. The topological polar surface area (TPSA) is 65.1 Å². The number of nitrogens with two attached hydrogens (primary N) is 1. The molecule has 2 heterocycles. The average Bonchev–Trinajstić information content (AvgIpc) is 2.78. The molecule has 0 bridgehead atoms. The highest BCUT2D eigenvalue weighted by Gasteiger charge is 2.49. The van der Waals surface area contributed by atoms with Gasteiger partial charge < -0.3 is 4.74 Å². The number of nitrogens with zero attached hydrogens (tertiary/aromatic N) is 2. The highest BCUT2D eigenvalue weighted by Crippen LogP contribution is 2.47. The van der Waals surface area contributed by atoms with Gasteiger partial charge in [0.05, 0.1) is 28.6 Å². The van der Waals surface area contributed by atoms with Gasteiger partial charge in [-0.05, 0) is 46.6 Å². The Hall–Kier alpha value is -0.910. The number of hydrogen-bond acceptors (Lipinski definition) is 4. The molecular weight excluding hydrogens is 252 g/mol. The molecule has 0 spiro atoms. The van der Waals surface area contributed by atoms with E-state index in [0.29, 0.717) is 5.92 Å². The lowest BCUT2D eigenvalue weighted by Gasteiger charge is -2.32. The van der Waals surface area contributed by atoms with Gasteiger partial charge in [0.15, 0.2) is 0 Å². The van der Waals surface area contributed by atoms with Crippen LogP contribution in [0.2, 0.25) is 0 Å². The van der Waals surface area contributed by atoms with Gasteiger partial charge in [0.1, 0.15) is 0 Å². The first-order valence-corrected chi connectivity index (χ1v) is 7.39. The van der Waals surface area contributed by atoms with E-state index in [0.717, 1.165) is 24.2 Å². The summed E-state index contributed by atoms with van der Waals surface area (Å²) in [5.74, 6) is 6.18. The van der Waals surface area contributed by atoms with Gasteiger partial charge in [0.25, 0.3) is 0 Å². The first-order chi connectivity index (χ1) is 9.20. The Balaban J connectivity index is 2.35. The Morgan fingerprint density at radius 3 is 2.55 bits per heavy atom. The van der Waals surface area contributed by atoms with E-state index in [1.165, 1.54) is 0 Å². The van der Waals surface area contributed by atoms with Crippen LogP contribution in [0, 0.1) is 5.92 Å². The van der Waals surface area contributed by atoms with Crippen molar-refractivity contribution in [3.63, 3.8) is 0 Å². The number of hydrogen-bond donors (Lipinski definition) is 2. The molecule has 0 aliphatic carbocycles. The van der Waals surface area contributed by atoms with Gasteiger partial charge in [-0.15, -0.1) is 0 Å². The van der Waals surface area contributed by atoms with Crippen molar-refractivity contribution in [1.29, 1.82) is 0 Å². The monoisotopic (exact) mass is 280 g/mol. The predicted octanol–water partition coefficient (Wildman–Crippen LogP) is 2.08. The quantitative estimate of drug-likeness (QED) is 0.654. The van der Waals surface area contributed by atoms with Crippen LogP contribution in [0.1, 0.15) is 58.5 Å². The van der Waals surface area contributed by atoms with Crippen LogP contribution in [0.25, 0.3) is 0 Å². The van der Waals surface area contributed by atoms with E-state index < -0.39 is 0 Å². The number of hydrazine groups is 1. The summed E-state index contributed by atoms with van der Waals surface area (Å²) in [5, 5.41) is 4.53. The largest absolute Gasteiger partial charge is 0.369 e. The molecule has 0 radical (unpaired) electrons. The maximum Gasteiger partial charge on any atom is 0.0685 e. The Labute approximate surface area is 121 Å². The van der Waals surface area contributed by atoms with Gasteiger partial charge in [-0.1, -0.05) is 6.92 Å². The fourth-order valence-electron chi connectivity index (χ4n) is 3.54. The number of aromatic nitrogens is 2. The lowest BCUT2D eigenvalue weighted by molar-refractivity contribution is -0.0781. The molecule has 2 unspecified atom stereocenters. The Morgan fingerprint density at radius 2 is 2.15 bits per heavy atom. The van der Waals surface area contributed by atoms with Crippen molar-refractivity contribution < 1.29 is 4.74 Å². The number of rotatable bonds is 4. The zero-order chi connectivity index (χ0) is 15.1. The van der Waals surface area contributed by atoms with Crippen LogP contribution in [0.3, 0.4) is 0 Å². The molecular formula is C15H28N4O. The first kappa shape index (κ1) is 15.5. The molecule has 1 saturated heterocycles. The molecule has 1 aromatic rings. The standard InChI is InChI=1S/C15H28N4O/c1-7-10-8-12(19(6)18-10)13(17-16)11-9-14(2,3)20-15(11,4)5/h8,11,13,17H,7,9,16H2,1-6H3. The molecule has 1 aromatic heterocycles. The molecule has 1 fully saturated rings. The lowest BCUT2D eigenvalue weighted by atomic mass is 9.80. The minimum atomic E-state index is -0.211. The van der Waals surface area contributed by atoms with Crippen LogP contribution in [0.4, 0.5) is 0 Å². The third-order valence-corrected chi connectivity index (χ3v) is 4.37. The van der Waals surface area contributed by atoms with Crippen molar-refractivity contribution in [3.8, 4) is 0 Å². The molecule has 20 heavy (non-hydrogen) atoms. The third-order valence-electron chi connectivity index (χ3n) is 4.37. The Bertz CT molecular complexity index is 478. The Kier molecular flexibility index (Phi) is 3.97. The van der Waals surface area contributed by atoms with Gasteiger partial charge in [-0.2, -0.15) is 5.10 Å². The van der Waals surface area contributed by atoms with E-state index in [1.807, 2.05) is 11.7 Å². The molecule has 0 aromatic carbocycles. The molecule has 2 atom stereocenters. The fourth-order valence-corrected chi connectivity index (χ4v) is 3.54. The third kappa shape index (κ3) is 2.75. The van der Waals surface area contributed by atoms with Gasteiger partial charge in [0, 0.05) is 13.0 Å². The van der Waals surface area contributed by atoms with E-state index in [-0.39, 0.29) is 17.2 Å². The van der Waals surface area contributed by atoms with E-state index in [4.69, 9.17) is 10.6 Å². The summed E-state index contributed by atoms with van der Waals surface area (Å²) < 4.78 is 8.14. The molecule has 1 aliphatic rings. The van der Waals surface area contributed by atoms with E-state index in [2.05, 4.69) is 51.2 Å². The summed E-state index contributed by atoms with van der Waals surface area (Å²) in [6, 6.07) is 2.19. The molecule has 0 amide bonds. The summed E-state index contributed by atoms with van der Waals surface area (Å²) in [7, 11) is 1.98. The van der Waals surface area contributed by atoms with Gasteiger partial charge in [0.2, 0.25) is 0 Å². The molecule has 114 valence electrons. The van der Waals surface area contributed by atoms with Crippen LogP contribution in [0.15, 0.2) is 6.07 Å². The van der Waals surface area contributed by atoms with E-state index >= 15 is 0 Å². The second kappa shape index (κ2) is 5.13. The maximum absolute atomic E-state index is 6.20. The highest BCUT2D eigenvalue weighted by atomic mass is 16.5. The molecule has 5 heteroatoms. The van der Waals surface area contributed by atoms with Crippen molar-refractivity contribution in [2.45, 2.75) is 64.7 Å². The minimum absolute atomic E-state index is 0.0459. The summed E-state index contributed by atoms with van der Waals surface area (Å²) in [6.07, 6.45) is 1.91. The van der Waals surface area contributed by atoms with Crippen molar-refractivity contribution in [2.75, 3.05) is 0 Å². The second-order valence-electron chi connectivity index (χ2n) is 6.96. The number of aryl methyl sites for hydroxylation is 2. The van der Waals surface area contributed by atoms with E-state index in [9.17, 15) is 0 Å². The summed E-state index contributed by atoms with van der Waals surface area (Å²) >= 11 is 0. The van der Waals surface area contributed by atoms with Crippen LogP contribution in [-0.4, -0.2) is 21.0 Å². The highest BCUT2D eigenvalue weighted by molar-refractivity contribution is 5.17. The maximum atomic E-state index is 6.20. The van der Waals surface area contributed by atoms with Crippen LogP contribution >= 0.6 is 0 Å². The lowest BCUT2D eigenvalue weighted by Crippen LogP contribution is -2.42. The van der Waals surface area contributed by atoms with Crippen molar-refractivity contribution in [1.82, 2.24) is 15.2 Å². The normalized spacial score (nSPS) is 25.9. The number of nitrogens with one attached hydrogen (secondary N) is 1. The molecule has 0 saturated carbocycles. The predicted molar refractivity (Wildman–Crippen MR) is 80.0 cm³/mol. The smallest absolute Gasteiger partial charge is 0.0685 e. The molecule has 2 rings (SSSR count). The van der Waals surface area contributed by atoms with Gasteiger partial charge >= 0.3 is 0 Å². The van der Waals surface area contributed by atoms with Crippen LogP contribution < -0.4 is 11.3 Å². The van der Waals surface area contributed by atoms with Gasteiger partial charge in [-0.25, -0.2) is 0 Å². The van der Waals surface area contributed by atoms with Crippen molar-refractivity contribution in [2.24, 2.45) is 18.8 Å². The fraction of sp³-hybridized carbons (Fsp3) is 0.800. The zero-order valence-electron chi connectivity index (χ0n) is 13.5. The van der Waals surface area contributed by atoms with Crippen molar-refractivity contribution in [3.05, 3.63) is 17.5 Å². The summed E-state index contributed by atoms with van der Waals surface area (Å²) in [6.45, 7) is 10.7. The van der Waals surface area contributed by atoms with Gasteiger partial charge in [-0.3, -0.25) is 16.0 Å². The van der Waals surface area contributed by atoms with E-state index in [1.54, 1.807) is 0 Å². The average molecular weight is 280 g/mol. The second-order valence-corrected chi connectivity index (χ2v) is 6.96. The molecule has 3 N–H and O–H groups in total. The van der Waals surface area contributed by atoms with Crippen LogP contribution in [-0.2, 0) is 18.2 Å². The SMILES string of the molecule is CCc1cc(C(NN)C2CC(C)(C)OC2(C)C)n(C)n1. The number of ether oxygens (including phenoxy) is 1. The van der Waals surface area contributed by atoms with Crippen LogP contribution in [0.5, 0.6) is 0 Å². The minimum Gasteiger partial charge on any atom is -0.369 e. The molecule has 5 nitrogen and oxygen atoms in total. The summed E-state index contributed by atoms with van der Waals surface area (Å²) in [4.78, 5) is 0. The first-order valence-electron chi connectivity index (χ1n) is 7.39.